The lowest BCUT2D eigenvalue weighted by Gasteiger charge is -2.48. The first-order valence-corrected chi connectivity index (χ1v) is 7.04. The molecule has 2 atom stereocenters. The number of ether oxygens (including phenoxy) is 2. The van der Waals surface area contributed by atoms with E-state index in [1.54, 1.807) is 0 Å². The van der Waals surface area contributed by atoms with Crippen molar-refractivity contribution in [2.75, 3.05) is 18.9 Å². The van der Waals surface area contributed by atoms with Gasteiger partial charge in [0.25, 0.3) is 5.91 Å². The van der Waals surface area contributed by atoms with E-state index in [9.17, 15) is 14.4 Å². The highest BCUT2D eigenvalue weighted by molar-refractivity contribution is 8.00. The summed E-state index contributed by atoms with van der Waals surface area (Å²) in [4.78, 5) is 35.5. The highest BCUT2D eigenvalue weighted by Crippen LogP contribution is 2.40. The Bertz CT molecular complexity index is 496. The molecule has 2 amide bonds. The maximum absolute atomic E-state index is 12.0. The maximum atomic E-state index is 12.0. The number of alkyl halides is 1. The lowest BCUT2D eigenvalue weighted by atomic mass is 10.1. The summed E-state index contributed by atoms with van der Waals surface area (Å²) in [5, 5.41) is 11.0. The third kappa shape index (κ3) is 2.38. The predicted molar refractivity (Wildman–Crippen MR) is 68.9 cm³/mol. The second kappa shape index (κ2) is 5.80. The Kier molecular flexibility index (Phi) is 4.29. The molecule has 0 aromatic carbocycles. The van der Waals surface area contributed by atoms with E-state index in [0.29, 0.717) is 5.75 Å². The Labute approximate surface area is 123 Å². The van der Waals surface area contributed by atoms with E-state index < -0.39 is 29.4 Å². The number of nitrogens with zero attached hydrogens (tertiary/aromatic N) is 1. The van der Waals surface area contributed by atoms with Crippen LogP contribution in [-0.4, -0.2) is 58.3 Å². The summed E-state index contributed by atoms with van der Waals surface area (Å²) in [6.45, 7) is 0. The molecule has 2 unspecified atom stereocenters. The predicted octanol–water partition coefficient (Wildman–Crippen LogP) is 0.135. The third-order valence-electron chi connectivity index (χ3n) is 2.84. The van der Waals surface area contributed by atoms with Gasteiger partial charge in [-0.3, -0.25) is 9.69 Å². The van der Waals surface area contributed by atoms with Gasteiger partial charge in [0, 0.05) is 0 Å². The first-order chi connectivity index (χ1) is 9.51. The van der Waals surface area contributed by atoms with Crippen molar-refractivity contribution in [1.82, 2.24) is 10.2 Å². The van der Waals surface area contributed by atoms with Crippen LogP contribution in [0.2, 0.25) is 0 Å². The molecular formula is C10H11ClN2O6S. The summed E-state index contributed by atoms with van der Waals surface area (Å²) in [5.41, 5.74) is -0.190. The van der Waals surface area contributed by atoms with E-state index in [4.69, 9.17) is 21.4 Å². The highest BCUT2D eigenvalue weighted by Gasteiger charge is 2.54. The maximum Gasteiger partial charge on any atom is 0.409 e. The fraction of sp³-hybridized carbons (Fsp3) is 0.500. The van der Waals surface area contributed by atoms with Gasteiger partial charge >= 0.3 is 12.1 Å². The molecule has 2 aliphatic heterocycles. The number of alkyl carbamates (subject to hydrolysis) is 1. The van der Waals surface area contributed by atoms with Crippen LogP contribution < -0.4 is 5.32 Å². The molecule has 1 saturated heterocycles. The third-order valence-corrected chi connectivity index (χ3v) is 4.20. The van der Waals surface area contributed by atoms with Gasteiger partial charge in [0.2, 0.25) is 0 Å². The lowest BCUT2D eigenvalue weighted by Crippen LogP contribution is -2.70. The Hall–Kier alpha value is -1.61. The average molecular weight is 323 g/mol. The second-order valence-corrected chi connectivity index (χ2v) is 5.18. The first-order valence-electron chi connectivity index (χ1n) is 5.45. The summed E-state index contributed by atoms with van der Waals surface area (Å²) in [6, 6.07) is -1.16. The zero-order valence-electron chi connectivity index (χ0n) is 10.3. The number of hydrogen-bond acceptors (Lipinski definition) is 6. The number of carboxylic acid groups (broad SMARTS) is 1. The summed E-state index contributed by atoms with van der Waals surface area (Å²) in [7, 11) is 1.34. The molecule has 2 N–H and O–H groups in total. The summed E-state index contributed by atoms with van der Waals surface area (Å²) in [5.74, 6) is -1.26. The van der Waals surface area contributed by atoms with Gasteiger partial charge in [0.15, 0.2) is 11.8 Å². The Morgan fingerprint density at radius 3 is 2.85 bits per heavy atom. The van der Waals surface area contributed by atoms with Gasteiger partial charge in [-0.05, 0) is 0 Å². The monoisotopic (exact) mass is 322 g/mol. The molecule has 0 saturated carbocycles. The van der Waals surface area contributed by atoms with Crippen molar-refractivity contribution < 1.29 is 29.0 Å². The average Bonchev–Trinajstić information content (AvgIpc) is 2.43. The number of aliphatic carboxylic acids is 1. The molecule has 110 valence electrons. The molecule has 2 rings (SSSR count). The van der Waals surface area contributed by atoms with Gasteiger partial charge in [0.05, 0.1) is 12.9 Å². The van der Waals surface area contributed by atoms with E-state index in [-0.39, 0.29) is 17.5 Å². The smallest absolute Gasteiger partial charge is 0.409 e. The molecule has 2 heterocycles. The number of carboxylic acids is 1. The van der Waals surface area contributed by atoms with E-state index >= 15 is 0 Å². The van der Waals surface area contributed by atoms with Crippen LogP contribution in [0.4, 0.5) is 4.79 Å². The molecule has 2 aliphatic rings. The van der Waals surface area contributed by atoms with Crippen molar-refractivity contribution in [3.05, 3.63) is 11.5 Å². The fourth-order valence-electron chi connectivity index (χ4n) is 1.97. The molecule has 10 heteroatoms. The molecule has 0 bridgehead atoms. The van der Waals surface area contributed by atoms with Gasteiger partial charge in [0.1, 0.15) is 17.2 Å². The quantitative estimate of drug-likeness (QED) is 0.560. The number of hydrogen-bond donors (Lipinski definition) is 2. The zero-order valence-corrected chi connectivity index (χ0v) is 11.9. The zero-order chi connectivity index (χ0) is 14.9. The van der Waals surface area contributed by atoms with Crippen LogP contribution in [0.15, 0.2) is 11.5 Å². The SMILES string of the molecule is COC1=C(C(=O)O)N2C(=O)C(NC(=O)OCCl)C2SC1. The normalized spacial score (nSPS) is 24.7. The van der Waals surface area contributed by atoms with Gasteiger partial charge in [-0.15, -0.1) is 11.8 Å². The lowest BCUT2D eigenvalue weighted by molar-refractivity contribution is -0.149. The van der Waals surface area contributed by atoms with Gasteiger partial charge in [-0.25, -0.2) is 9.59 Å². The van der Waals surface area contributed by atoms with Crippen LogP contribution in [-0.2, 0) is 19.1 Å². The number of methoxy groups -OCH3 is 1. The Morgan fingerprint density at radius 2 is 2.30 bits per heavy atom. The standard InChI is InChI=1S/C10H11ClN2O6S/c1-18-4-2-20-8-5(12-10(17)19-3-11)7(14)13(8)6(4)9(15)16/h5,8H,2-3H2,1H3,(H,12,17)(H,15,16). The van der Waals surface area contributed by atoms with Crippen molar-refractivity contribution in [2.24, 2.45) is 0 Å². The van der Waals surface area contributed by atoms with Crippen molar-refractivity contribution in [1.29, 1.82) is 0 Å². The molecule has 0 aromatic rings. The molecule has 8 nitrogen and oxygen atoms in total. The molecule has 0 radical (unpaired) electrons. The van der Waals surface area contributed by atoms with E-state index in [1.807, 2.05) is 0 Å². The number of carbonyl (C=O) groups is 3. The number of β-lactam (4-membered cyclic amide) rings is 1. The minimum absolute atomic E-state index is 0.190. The van der Waals surface area contributed by atoms with E-state index in [1.165, 1.54) is 18.9 Å². The molecule has 0 aromatic heterocycles. The first kappa shape index (κ1) is 14.8. The van der Waals surface area contributed by atoms with Crippen molar-refractivity contribution >= 4 is 41.3 Å². The topological polar surface area (TPSA) is 105 Å². The van der Waals surface area contributed by atoms with Gasteiger partial charge in [-0.1, -0.05) is 11.6 Å². The molecule has 1 fully saturated rings. The summed E-state index contributed by atoms with van der Waals surface area (Å²) in [6.07, 6.45) is -0.822. The number of thioether (sulfide) groups is 1. The van der Waals surface area contributed by atoms with E-state index in [2.05, 4.69) is 10.1 Å². The number of fused-ring (bicyclic) bond motifs is 1. The van der Waals surface area contributed by atoms with Crippen molar-refractivity contribution in [3.8, 4) is 0 Å². The van der Waals surface area contributed by atoms with Crippen LogP contribution in [0.5, 0.6) is 0 Å². The van der Waals surface area contributed by atoms with Crippen molar-refractivity contribution in [2.45, 2.75) is 11.4 Å². The number of carbonyl (C=O) groups excluding carboxylic acids is 2. The fourth-order valence-corrected chi connectivity index (χ4v) is 3.38. The van der Waals surface area contributed by atoms with Crippen LogP contribution >= 0.6 is 23.4 Å². The number of rotatable bonds is 4. The highest BCUT2D eigenvalue weighted by atomic mass is 35.5. The largest absolute Gasteiger partial charge is 0.498 e. The number of nitrogens with one attached hydrogen (secondary N) is 1. The van der Waals surface area contributed by atoms with E-state index in [0.717, 1.165) is 4.90 Å². The van der Waals surface area contributed by atoms with Crippen LogP contribution in [0, 0.1) is 0 Å². The van der Waals surface area contributed by atoms with Crippen LogP contribution in [0.1, 0.15) is 0 Å². The Morgan fingerprint density at radius 1 is 1.60 bits per heavy atom. The Balaban J connectivity index is 2.15. The molecule has 20 heavy (non-hydrogen) atoms. The van der Waals surface area contributed by atoms with Gasteiger partial charge < -0.3 is 19.9 Å². The van der Waals surface area contributed by atoms with Gasteiger partial charge in [-0.2, -0.15) is 0 Å². The van der Waals surface area contributed by atoms with Crippen molar-refractivity contribution in [3.63, 3.8) is 0 Å². The molecule has 0 spiro atoms. The minimum Gasteiger partial charge on any atom is -0.498 e. The summed E-state index contributed by atoms with van der Waals surface area (Å²) >= 11 is 6.53. The minimum atomic E-state index is -1.25. The number of amides is 2. The van der Waals surface area contributed by atoms with Crippen LogP contribution in [0.3, 0.4) is 0 Å². The molecule has 0 aliphatic carbocycles. The molecular weight excluding hydrogens is 312 g/mol. The second-order valence-electron chi connectivity index (χ2n) is 3.85. The summed E-state index contributed by atoms with van der Waals surface area (Å²) < 4.78 is 9.45. The number of halogens is 1. The van der Waals surface area contributed by atoms with Crippen LogP contribution in [0.25, 0.3) is 0 Å².